The highest BCUT2D eigenvalue weighted by Crippen LogP contribution is 2.12. The molecule has 3 rings (SSSR count). The molecule has 0 aliphatic carbocycles. The molecule has 102 valence electrons. The van der Waals surface area contributed by atoms with E-state index in [1.165, 1.54) is 0 Å². The lowest BCUT2D eigenvalue weighted by molar-refractivity contribution is 0.391. The summed E-state index contributed by atoms with van der Waals surface area (Å²) in [6, 6.07) is 7.62. The second-order valence-corrected chi connectivity index (χ2v) is 4.82. The minimum Gasteiger partial charge on any atom is -0.361 e. The predicted molar refractivity (Wildman–Crippen MR) is 75.8 cm³/mol. The molecule has 1 N–H and O–H groups in total. The molecule has 0 bridgehead atoms. The largest absolute Gasteiger partial charge is 0.361 e. The number of aromatic amines is 1. The highest BCUT2D eigenvalue weighted by molar-refractivity contribution is 5.78. The predicted octanol–water partition coefficient (Wildman–Crippen LogP) is 2.37. The Morgan fingerprint density at radius 3 is 2.85 bits per heavy atom. The van der Waals surface area contributed by atoms with Crippen LogP contribution in [-0.2, 0) is 12.8 Å². The van der Waals surface area contributed by atoms with Gasteiger partial charge in [-0.3, -0.25) is 4.79 Å². The Hall–Kier alpha value is -2.43. The Balaban J connectivity index is 2.03. The first-order valence-corrected chi connectivity index (χ1v) is 6.59. The van der Waals surface area contributed by atoms with Crippen LogP contribution in [0.1, 0.15) is 29.8 Å². The third-order valence-electron chi connectivity index (χ3n) is 3.25. The van der Waals surface area contributed by atoms with Crippen molar-refractivity contribution in [2.24, 2.45) is 0 Å². The maximum absolute atomic E-state index is 12.1. The third-order valence-corrected chi connectivity index (χ3v) is 3.25. The lowest BCUT2D eigenvalue weighted by Gasteiger charge is -2.03. The summed E-state index contributed by atoms with van der Waals surface area (Å²) in [5, 5.41) is 4.54. The van der Waals surface area contributed by atoms with E-state index in [4.69, 9.17) is 4.52 Å². The zero-order chi connectivity index (χ0) is 14.1. The fraction of sp³-hybridized carbons (Fsp3) is 0.267. The number of fused-ring (bicyclic) bond motifs is 1. The van der Waals surface area contributed by atoms with Gasteiger partial charge in [0.05, 0.1) is 23.0 Å². The van der Waals surface area contributed by atoms with Gasteiger partial charge in [-0.05, 0) is 31.0 Å². The molecule has 0 atom stereocenters. The summed E-state index contributed by atoms with van der Waals surface area (Å²) in [6.07, 6.45) is 1.35. The van der Waals surface area contributed by atoms with E-state index in [0.717, 1.165) is 23.4 Å². The first-order valence-electron chi connectivity index (χ1n) is 6.59. The summed E-state index contributed by atoms with van der Waals surface area (Å²) in [5.41, 5.74) is 2.49. The maximum Gasteiger partial charge on any atom is 0.258 e. The zero-order valence-corrected chi connectivity index (χ0v) is 11.4. The molecule has 0 fully saturated rings. The van der Waals surface area contributed by atoms with Gasteiger partial charge < -0.3 is 9.51 Å². The molecule has 20 heavy (non-hydrogen) atoms. The Bertz CT molecular complexity index is 817. The van der Waals surface area contributed by atoms with Gasteiger partial charge in [0.1, 0.15) is 11.6 Å². The number of aryl methyl sites for hydroxylation is 2. The van der Waals surface area contributed by atoms with Crippen molar-refractivity contribution in [2.75, 3.05) is 0 Å². The summed E-state index contributed by atoms with van der Waals surface area (Å²) in [4.78, 5) is 19.4. The van der Waals surface area contributed by atoms with Crippen LogP contribution in [0.5, 0.6) is 0 Å². The van der Waals surface area contributed by atoms with E-state index in [-0.39, 0.29) is 5.56 Å². The van der Waals surface area contributed by atoms with E-state index in [1.54, 1.807) is 0 Å². The van der Waals surface area contributed by atoms with Gasteiger partial charge in [-0.1, -0.05) is 18.1 Å². The van der Waals surface area contributed by atoms with E-state index in [1.807, 2.05) is 31.2 Å². The second kappa shape index (κ2) is 4.92. The van der Waals surface area contributed by atoms with Gasteiger partial charge in [0.15, 0.2) is 0 Å². The topological polar surface area (TPSA) is 71.8 Å². The molecule has 2 heterocycles. The van der Waals surface area contributed by atoms with Gasteiger partial charge in [0, 0.05) is 6.07 Å². The van der Waals surface area contributed by atoms with Crippen LogP contribution in [0.3, 0.4) is 0 Å². The maximum atomic E-state index is 12.1. The van der Waals surface area contributed by atoms with Crippen molar-refractivity contribution >= 4 is 10.9 Å². The smallest absolute Gasteiger partial charge is 0.258 e. The van der Waals surface area contributed by atoms with Gasteiger partial charge in [-0.25, -0.2) is 4.98 Å². The normalized spacial score (nSPS) is 11.1. The average Bonchev–Trinajstić information content (AvgIpc) is 2.84. The fourth-order valence-corrected chi connectivity index (χ4v) is 2.21. The van der Waals surface area contributed by atoms with Crippen LogP contribution >= 0.6 is 0 Å². The van der Waals surface area contributed by atoms with Crippen LogP contribution < -0.4 is 5.56 Å². The van der Waals surface area contributed by atoms with Gasteiger partial charge in [0.2, 0.25) is 0 Å². The molecule has 3 aromatic rings. The van der Waals surface area contributed by atoms with Gasteiger partial charge in [-0.2, -0.15) is 0 Å². The zero-order valence-electron chi connectivity index (χ0n) is 11.4. The minimum atomic E-state index is -0.111. The molecule has 0 unspecified atom stereocenters. The van der Waals surface area contributed by atoms with Crippen LogP contribution in [0, 0.1) is 6.92 Å². The van der Waals surface area contributed by atoms with Crippen molar-refractivity contribution in [3.05, 3.63) is 57.5 Å². The van der Waals surface area contributed by atoms with Crippen molar-refractivity contribution in [2.45, 2.75) is 26.7 Å². The van der Waals surface area contributed by atoms with Crippen LogP contribution in [0.4, 0.5) is 0 Å². The molecular formula is C15H15N3O2. The van der Waals surface area contributed by atoms with E-state index < -0.39 is 0 Å². The summed E-state index contributed by atoms with van der Waals surface area (Å²) >= 11 is 0. The molecule has 0 saturated carbocycles. The molecule has 2 aromatic heterocycles. The molecule has 0 amide bonds. The Kier molecular flexibility index (Phi) is 3.10. The van der Waals surface area contributed by atoms with Crippen molar-refractivity contribution < 1.29 is 4.52 Å². The number of nitrogens with one attached hydrogen (secondary N) is 1. The summed E-state index contributed by atoms with van der Waals surface area (Å²) in [6.45, 7) is 3.89. The SMILES string of the molecule is CCc1ccc2nc(Cc3cc(C)on3)[nH]c(=O)c2c1. The molecule has 5 nitrogen and oxygen atoms in total. The number of aromatic nitrogens is 3. The van der Waals surface area contributed by atoms with Crippen LogP contribution in [0.2, 0.25) is 0 Å². The monoisotopic (exact) mass is 269 g/mol. The first kappa shape index (κ1) is 12.6. The molecule has 0 saturated heterocycles. The molecule has 0 aliphatic rings. The van der Waals surface area contributed by atoms with Gasteiger partial charge >= 0.3 is 0 Å². The van der Waals surface area contributed by atoms with E-state index in [0.29, 0.717) is 23.1 Å². The van der Waals surface area contributed by atoms with Gasteiger partial charge in [-0.15, -0.1) is 0 Å². The number of hydrogen-bond acceptors (Lipinski definition) is 4. The van der Waals surface area contributed by atoms with Gasteiger partial charge in [0.25, 0.3) is 5.56 Å². The van der Waals surface area contributed by atoms with Crippen molar-refractivity contribution in [1.29, 1.82) is 0 Å². The van der Waals surface area contributed by atoms with E-state index in [9.17, 15) is 4.79 Å². The fourth-order valence-electron chi connectivity index (χ4n) is 2.21. The highest BCUT2D eigenvalue weighted by atomic mass is 16.5. The lowest BCUT2D eigenvalue weighted by atomic mass is 10.1. The number of nitrogens with zero attached hydrogens (tertiary/aromatic N) is 2. The molecule has 0 radical (unpaired) electrons. The lowest BCUT2D eigenvalue weighted by Crippen LogP contribution is -2.12. The number of benzene rings is 1. The number of rotatable bonds is 3. The Morgan fingerprint density at radius 2 is 2.15 bits per heavy atom. The average molecular weight is 269 g/mol. The Labute approximate surface area is 115 Å². The van der Waals surface area contributed by atoms with E-state index >= 15 is 0 Å². The molecule has 0 aliphatic heterocycles. The molecule has 0 spiro atoms. The van der Waals surface area contributed by atoms with Crippen molar-refractivity contribution in [3.63, 3.8) is 0 Å². The van der Waals surface area contributed by atoms with Crippen LogP contribution in [0.25, 0.3) is 10.9 Å². The van der Waals surface area contributed by atoms with Crippen LogP contribution in [-0.4, -0.2) is 15.1 Å². The molecule has 5 heteroatoms. The molecular weight excluding hydrogens is 254 g/mol. The quantitative estimate of drug-likeness (QED) is 0.792. The minimum absolute atomic E-state index is 0.111. The standard InChI is InChI=1S/C15H15N3O2/c1-3-10-4-5-13-12(7-10)15(19)17-14(16-13)8-11-6-9(2)20-18-11/h4-7H,3,8H2,1-2H3,(H,16,17,19). The number of H-pyrrole nitrogens is 1. The summed E-state index contributed by atoms with van der Waals surface area (Å²) in [5.74, 6) is 1.34. The van der Waals surface area contributed by atoms with Crippen LogP contribution in [0.15, 0.2) is 33.6 Å². The Morgan fingerprint density at radius 1 is 1.30 bits per heavy atom. The second-order valence-electron chi connectivity index (χ2n) is 4.82. The summed E-state index contributed by atoms with van der Waals surface area (Å²) < 4.78 is 5.01. The molecule has 1 aromatic carbocycles. The van der Waals surface area contributed by atoms with E-state index in [2.05, 4.69) is 22.0 Å². The summed E-state index contributed by atoms with van der Waals surface area (Å²) in [7, 11) is 0. The third kappa shape index (κ3) is 2.34. The van der Waals surface area contributed by atoms with Crippen molar-refractivity contribution in [3.8, 4) is 0 Å². The first-order chi connectivity index (χ1) is 9.65. The highest BCUT2D eigenvalue weighted by Gasteiger charge is 2.08. The van der Waals surface area contributed by atoms with Crippen molar-refractivity contribution in [1.82, 2.24) is 15.1 Å². The number of hydrogen-bond donors (Lipinski definition) is 1.